The van der Waals surface area contributed by atoms with Crippen molar-refractivity contribution in [3.05, 3.63) is 92.5 Å². The molecule has 0 radical (unpaired) electrons. The molecule has 1 unspecified atom stereocenters. The quantitative estimate of drug-likeness (QED) is 0.328. The van der Waals surface area contributed by atoms with Crippen LogP contribution in [-0.2, 0) is 24.9 Å². The van der Waals surface area contributed by atoms with Crippen LogP contribution in [0.2, 0.25) is 0 Å². The van der Waals surface area contributed by atoms with Crippen LogP contribution < -0.4 is 0 Å². The lowest BCUT2D eigenvalue weighted by Gasteiger charge is -2.22. The molecule has 1 heterocycles. The lowest BCUT2D eigenvalue weighted by atomic mass is 9.84. The molecule has 7 heteroatoms. The molecule has 4 rings (SSSR count). The van der Waals surface area contributed by atoms with E-state index in [4.69, 9.17) is 0 Å². The second kappa shape index (κ2) is 10.1. The van der Waals surface area contributed by atoms with E-state index in [0.717, 1.165) is 45.3 Å². The Balaban J connectivity index is 1.65. The maximum atomic E-state index is 11.8. The van der Waals surface area contributed by atoms with Crippen molar-refractivity contribution < 1.29 is 9.90 Å². The first-order valence-electron chi connectivity index (χ1n) is 11.3. The highest BCUT2D eigenvalue weighted by Crippen LogP contribution is 2.34. The number of carboxylic acids is 1. The van der Waals surface area contributed by atoms with Crippen LogP contribution >= 0.6 is 15.9 Å². The minimum atomic E-state index is -0.821. The summed E-state index contributed by atoms with van der Waals surface area (Å²) in [5.41, 5.74) is 8.36. The number of aliphatic carboxylic acids is 1. The maximum absolute atomic E-state index is 11.8. The van der Waals surface area contributed by atoms with Gasteiger partial charge in [0, 0.05) is 30.5 Å². The smallest absolute Gasteiger partial charge is 0.304 e. The molecule has 0 aliphatic rings. The lowest BCUT2D eigenvalue weighted by molar-refractivity contribution is -0.137. The van der Waals surface area contributed by atoms with Gasteiger partial charge in [0.1, 0.15) is 5.52 Å². The van der Waals surface area contributed by atoms with Gasteiger partial charge < -0.3 is 5.11 Å². The molecule has 0 bridgehead atoms. The van der Waals surface area contributed by atoms with Gasteiger partial charge in [-0.1, -0.05) is 57.5 Å². The molecule has 1 aromatic heterocycles. The highest BCUT2D eigenvalue weighted by molar-refractivity contribution is 9.10. The van der Waals surface area contributed by atoms with E-state index in [0.29, 0.717) is 0 Å². The highest BCUT2D eigenvalue weighted by Gasteiger charge is 2.23. The van der Waals surface area contributed by atoms with Crippen molar-refractivity contribution in [2.24, 2.45) is 7.05 Å². The van der Waals surface area contributed by atoms with Crippen molar-refractivity contribution in [2.75, 3.05) is 7.05 Å². The van der Waals surface area contributed by atoms with E-state index >= 15 is 0 Å². The Bertz CT molecular complexity index is 1330. The zero-order valence-electron chi connectivity index (χ0n) is 19.9. The first-order chi connectivity index (χ1) is 16.2. The fraction of sp³-hybridized carbons (Fsp3) is 0.296. The van der Waals surface area contributed by atoms with Gasteiger partial charge in [0.25, 0.3) is 0 Å². The number of aryl methyl sites for hydroxylation is 3. The summed E-state index contributed by atoms with van der Waals surface area (Å²) in [7, 11) is 3.97. The minimum Gasteiger partial charge on any atom is -0.481 e. The molecule has 0 aliphatic carbocycles. The van der Waals surface area contributed by atoms with Crippen LogP contribution in [0.3, 0.4) is 0 Å². The zero-order valence-corrected chi connectivity index (χ0v) is 21.5. The predicted octanol–water partition coefficient (Wildman–Crippen LogP) is 5.59. The summed E-state index contributed by atoms with van der Waals surface area (Å²) in [4.78, 5) is 14.1. The number of fused-ring (bicyclic) bond motifs is 1. The molecular formula is C27H29BrN4O2. The number of carboxylic acid groups (broad SMARTS) is 1. The van der Waals surface area contributed by atoms with Crippen molar-refractivity contribution in [3.8, 4) is 0 Å². The zero-order chi connectivity index (χ0) is 24.4. The summed E-state index contributed by atoms with van der Waals surface area (Å²) < 4.78 is 2.81. The number of carbonyl (C=O) groups is 1. The molecular weight excluding hydrogens is 492 g/mol. The van der Waals surface area contributed by atoms with Crippen molar-refractivity contribution in [1.82, 2.24) is 19.9 Å². The maximum Gasteiger partial charge on any atom is 0.304 e. The summed E-state index contributed by atoms with van der Waals surface area (Å²) in [5, 5.41) is 18.2. The molecule has 0 aliphatic heterocycles. The second-order valence-corrected chi connectivity index (χ2v) is 9.91. The van der Waals surface area contributed by atoms with Crippen LogP contribution in [0.5, 0.6) is 0 Å². The lowest BCUT2D eigenvalue weighted by Crippen LogP contribution is -2.18. The molecule has 1 N–H and O–H groups in total. The first kappa shape index (κ1) is 24.1. The molecule has 0 saturated heterocycles. The molecule has 6 nitrogen and oxygen atoms in total. The summed E-state index contributed by atoms with van der Waals surface area (Å²) in [5.74, 6) is -1.09. The average Bonchev–Trinajstić information content (AvgIpc) is 3.17. The Morgan fingerprint density at radius 3 is 2.53 bits per heavy atom. The highest BCUT2D eigenvalue weighted by atomic mass is 79.9. The molecule has 0 fully saturated rings. The van der Waals surface area contributed by atoms with Gasteiger partial charge in [0.2, 0.25) is 0 Å². The van der Waals surface area contributed by atoms with Crippen LogP contribution in [0.25, 0.3) is 11.0 Å². The standard InChI is InChI=1S/C27H29BrN4O2/c1-17-5-8-20(13-21(17)16-31(3)15-19-6-9-22(28)10-7-19)24(14-26(33)34)23-11-12-25-27(18(23)2)29-30-32(25)4/h5-13,24H,14-16H2,1-4H3,(H,33,34). The van der Waals surface area contributed by atoms with Crippen molar-refractivity contribution in [3.63, 3.8) is 0 Å². The SMILES string of the molecule is Cc1ccc(C(CC(=O)O)c2ccc3c(nnn3C)c2C)cc1CN(C)Cc1ccc(Br)cc1. The molecule has 0 amide bonds. The van der Waals surface area contributed by atoms with Gasteiger partial charge in [-0.15, -0.1) is 5.10 Å². The normalized spacial score (nSPS) is 12.4. The molecule has 3 aromatic carbocycles. The van der Waals surface area contributed by atoms with Gasteiger partial charge in [-0.3, -0.25) is 9.69 Å². The van der Waals surface area contributed by atoms with Crippen molar-refractivity contribution in [2.45, 2.75) is 39.3 Å². The number of benzene rings is 3. The number of hydrogen-bond donors (Lipinski definition) is 1. The van der Waals surface area contributed by atoms with Crippen molar-refractivity contribution >= 4 is 32.9 Å². The van der Waals surface area contributed by atoms with Gasteiger partial charge in [-0.05, 0) is 72.5 Å². The van der Waals surface area contributed by atoms with Gasteiger partial charge in [0.15, 0.2) is 0 Å². The minimum absolute atomic E-state index is 0.0177. The van der Waals surface area contributed by atoms with Crippen LogP contribution in [0.15, 0.2) is 59.1 Å². The van der Waals surface area contributed by atoms with E-state index in [1.54, 1.807) is 4.68 Å². The Hall–Kier alpha value is -3.03. The monoisotopic (exact) mass is 520 g/mol. The first-order valence-corrected chi connectivity index (χ1v) is 12.1. The third kappa shape index (κ3) is 5.21. The van der Waals surface area contributed by atoms with Gasteiger partial charge >= 0.3 is 5.97 Å². The van der Waals surface area contributed by atoms with Crippen molar-refractivity contribution in [1.29, 1.82) is 0 Å². The Morgan fingerprint density at radius 2 is 1.82 bits per heavy atom. The van der Waals surface area contributed by atoms with E-state index in [2.05, 4.69) is 87.6 Å². The van der Waals surface area contributed by atoms with E-state index in [1.807, 2.05) is 26.1 Å². The topological polar surface area (TPSA) is 71.2 Å². The largest absolute Gasteiger partial charge is 0.481 e. The van der Waals surface area contributed by atoms with E-state index < -0.39 is 5.97 Å². The molecule has 0 saturated carbocycles. The van der Waals surface area contributed by atoms with Gasteiger partial charge in [-0.2, -0.15) is 0 Å². The Labute approximate surface area is 208 Å². The van der Waals surface area contributed by atoms with Crippen LogP contribution in [0, 0.1) is 13.8 Å². The van der Waals surface area contributed by atoms with Gasteiger partial charge in [-0.25, -0.2) is 4.68 Å². The summed E-state index contributed by atoms with van der Waals surface area (Å²) in [6, 6.07) is 18.7. The number of aromatic nitrogens is 3. The molecule has 34 heavy (non-hydrogen) atoms. The molecule has 1 atom stereocenters. The fourth-order valence-electron chi connectivity index (χ4n) is 4.53. The van der Waals surface area contributed by atoms with Crippen LogP contribution in [-0.4, -0.2) is 38.0 Å². The summed E-state index contributed by atoms with van der Waals surface area (Å²) in [6.45, 7) is 5.72. The molecule has 4 aromatic rings. The summed E-state index contributed by atoms with van der Waals surface area (Å²) >= 11 is 3.49. The predicted molar refractivity (Wildman–Crippen MR) is 138 cm³/mol. The third-order valence-corrected chi connectivity index (χ3v) is 6.94. The van der Waals surface area contributed by atoms with Crippen LogP contribution in [0.1, 0.15) is 45.7 Å². The number of hydrogen-bond acceptors (Lipinski definition) is 4. The van der Waals surface area contributed by atoms with E-state index in [-0.39, 0.29) is 12.3 Å². The molecule has 0 spiro atoms. The Morgan fingerprint density at radius 1 is 1.09 bits per heavy atom. The fourth-order valence-corrected chi connectivity index (χ4v) is 4.80. The number of halogens is 1. The number of rotatable bonds is 8. The Kier molecular flexibility index (Phi) is 7.14. The van der Waals surface area contributed by atoms with E-state index in [9.17, 15) is 9.90 Å². The van der Waals surface area contributed by atoms with Crippen LogP contribution in [0.4, 0.5) is 0 Å². The van der Waals surface area contributed by atoms with E-state index in [1.165, 1.54) is 16.7 Å². The average molecular weight is 521 g/mol. The molecule has 176 valence electrons. The third-order valence-electron chi connectivity index (χ3n) is 6.41. The summed E-state index contributed by atoms with van der Waals surface area (Å²) in [6.07, 6.45) is 0.0177. The number of nitrogens with zero attached hydrogens (tertiary/aromatic N) is 4. The second-order valence-electron chi connectivity index (χ2n) is 9.00. The van der Waals surface area contributed by atoms with Gasteiger partial charge in [0.05, 0.1) is 11.9 Å².